The molecular formula is C24H32ClN5. The zero-order valence-electron chi connectivity index (χ0n) is 18.3. The van der Waals surface area contributed by atoms with Crippen LogP contribution in [0.4, 0.5) is 5.69 Å². The van der Waals surface area contributed by atoms with Crippen LogP contribution in [0.2, 0.25) is 5.02 Å². The first-order valence-corrected chi connectivity index (χ1v) is 10.9. The number of hydrogen-bond acceptors (Lipinski definition) is 5. The normalized spacial score (nSPS) is 15.3. The van der Waals surface area contributed by atoms with Crippen molar-refractivity contribution >= 4 is 17.3 Å². The van der Waals surface area contributed by atoms with Gasteiger partial charge in [0.25, 0.3) is 0 Å². The molecule has 1 heterocycles. The third-order valence-electron chi connectivity index (χ3n) is 5.74. The number of rotatable bonds is 8. The molecule has 30 heavy (non-hydrogen) atoms. The maximum atomic E-state index is 9.58. The Kier molecular flexibility index (Phi) is 8.12. The van der Waals surface area contributed by atoms with Crippen molar-refractivity contribution in [3.05, 3.63) is 64.2 Å². The van der Waals surface area contributed by atoms with Crippen molar-refractivity contribution in [2.24, 2.45) is 0 Å². The Hall–Kier alpha value is -2.10. The third-order valence-corrected chi connectivity index (χ3v) is 6.11. The fraction of sp³-hybridized carbons (Fsp3) is 0.458. The maximum Gasteiger partial charge on any atom is 0.0995 e. The van der Waals surface area contributed by atoms with Gasteiger partial charge in [-0.05, 0) is 49.5 Å². The lowest BCUT2D eigenvalue weighted by Crippen LogP contribution is -2.45. The molecule has 1 aliphatic rings. The van der Waals surface area contributed by atoms with Crippen LogP contribution in [-0.4, -0.2) is 75.1 Å². The molecule has 1 fully saturated rings. The van der Waals surface area contributed by atoms with Gasteiger partial charge in [-0.1, -0.05) is 29.8 Å². The van der Waals surface area contributed by atoms with Crippen LogP contribution in [0.15, 0.2) is 42.5 Å². The first kappa shape index (κ1) is 22.6. The van der Waals surface area contributed by atoms with E-state index in [1.54, 1.807) is 0 Å². The highest BCUT2D eigenvalue weighted by atomic mass is 35.5. The zero-order chi connectivity index (χ0) is 21.5. The standard InChI is InChI=1S/C24H32ClN5/c1-27(2)10-11-28(3)23-9-8-20(17-26)22(16-23)19-30-14-12-29(13-15-30)18-21-6-4-5-7-24(21)25/h4-9,16H,10-15,18-19H2,1-3H3. The molecule has 1 aliphatic heterocycles. The van der Waals surface area contributed by atoms with Crippen LogP contribution in [0.1, 0.15) is 16.7 Å². The number of hydrogen-bond donors (Lipinski definition) is 0. The van der Waals surface area contributed by atoms with Crippen molar-refractivity contribution in [1.82, 2.24) is 14.7 Å². The Bertz CT molecular complexity index is 868. The summed E-state index contributed by atoms with van der Waals surface area (Å²) >= 11 is 6.32. The summed E-state index contributed by atoms with van der Waals surface area (Å²) in [4.78, 5) is 9.34. The summed E-state index contributed by atoms with van der Waals surface area (Å²) in [6.45, 7) is 7.68. The van der Waals surface area contributed by atoms with Crippen LogP contribution in [0, 0.1) is 11.3 Å². The van der Waals surface area contributed by atoms with Gasteiger partial charge >= 0.3 is 0 Å². The van der Waals surface area contributed by atoms with Crippen molar-refractivity contribution in [3.63, 3.8) is 0 Å². The summed E-state index contributed by atoms with van der Waals surface area (Å²) in [7, 11) is 6.29. The van der Waals surface area contributed by atoms with Gasteiger partial charge < -0.3 is 9.80 Å². The summed E-state index contributed by atoms with van der Waals surface area (Å²) in [5.74, 6) is 0. The van der Waals surface area contributed by atoms with Crippen molar-refractivity contribution in [2.75, 3.05) is 65.3 Å². The number of piperazine rings is 1. The molecule has 0 atom stereocenters. The predicted molar refractivity (Wildman–Crippen MR) is 125 cm³/mol. The van der Waals surface area contributed by atoms with E-state index in [4.69, 9.17) is 11.6 Å². The van der Waals surface area contributed by atoms with E-state index < -0.39 is 0 Å². The van der Waals surface area contributed by atoms with Gasteiger partial charge in [0.2, 0.25) is 0 Å². The van der Waals surface area contributed by atoms with Crippen LogP contribution in [-0.2, 0) is 13.1 Å². The average Bonchev–Trinajstić information content (AvgIpc) is 2.75. The van der Waals surface area contributed by atoms with Crippen LogP contribution in [0.25, 0.3) is 0 Å². The van der Waals surface area contributed by atoms with Gasteiger partial charge in [0, 0.05) is 70.1 Å². The second-order valence-corrected chi connectivity index (χ2v) is 8.73. The smallest absolute Gasteiger partial charge is 0.0995 e. The van der Waals surface area contributed by atoms with Crippen molar-refractivity contribution in [2.45, 2.75) is 13.1 Å². The number of halogens is 1. The highest BCUT2D eigenvalue weighted by Gasteiger charge is 2.19. The van der Waals surface area contributed by atoms with Crippen LogP contribution < -0.4 is 4.90 Å². The van der Waals surface area contributed by atoms with Gasteiger partial charge in [0.05, 0.1) is 11.6 Å². The van der Waals surface area contributed by atoms with Crippen LogP contribution in [0.5, 0.6) is 0 Å². The monoisotopic (exact) mass is 425 g/mol. The lowest BCUT2D eigenvalue weighted by Gasteiger charge is -2.35. The van der Waals surface area contributed by atoms with Crippen molar-refractivity contribution in [3.8, 4) is 6.07 Å². The fourth-order valence-corrected chi connectivity index (χ4v) is 3.95. The first-order chi connectivity index (χ1) is 14.5. The molecule has 6 heteroatoms. The Balaban J connectivity index is 1.59. The Morgan fingerprint density at radius 2 is 1.53 bits per heavy atom. The Morgan fingerprint density at radius 1 is 0.900 bits per heavy atom. The zero-order valence-corrected chi connectivity index (χ0v) is 19.1. The SMILES string of the molecule is CN(C)CCN(C)c1ccc(C#N)c(CN2CCN(Cc3ccccc3Cl)CC2)c1. The Morgan fingerprint density at radius 3 is 2.13 bits per heavy atom. The molecule has 160 valence electrons. The molecule has 0 bridgehead atoms. The summed E-state index contributed by atoms with van der Waals surface area (Å²) in [6.07, 6.45) is 0. The van der Waals surface area contributed by atoms with Gasteiger partial charge in [0.15, 0.2) is 0 Å². The first-order valence-electron chi connectivity index (χ1n) is 10.5. The van der Waals surface area contributed by atoms with Gasteiger partial charge in [-0.25, -0.2) is 0 Å². The Labute approximate surface area is 186 Å². The predicted octanol–water partition coefficient (Wildman–Crippen LogP) is 3.53. The number of nitriles is 1. The minimum atomic E-state index is 0.776. The van der Waals surface area contributed by atoms with E-state index in [2.05, 4.69) is 65.0 Å². The summed E-state index contributed by atoms with van der Waals surface area (Å²) < 4.78 is 0. The van der Waals surface area contributed by atoms with E-state index in [9.17, 15) is 5.26 Å². The minimum absolute atomic E-state index is 0.776. The number of nitrogens with zero attached hydrogens (tertiary/aromatic N) is 5. The fourth-order valence-electron chi connectivity index (χ4n) is 3.75. The van der Waals surface area contributed by atoms with Crippen LogP contribution >= 0.6 is 11.6 Å². The topological polar surface area (TPSA) is 36.8 Å². The third kappa shape index (κ3) is 6.20. The largest absolute Gasteiger partial charge is 0.373 e. The second-order valence-electron chi connectivity index (χ2n) is 8.32. The lowest BCUT2D eigenvalue weighted by atomic mass is 10.1. The maximum absolute atomic E-state index is 9.58. The molecule has 0 radical (unpaired) electrons. The number of anilines is 1. The van der Waals surface area contributed by atoms with E-state index in [0.717, 1.165) is 68.5 Å². The van der Waals surface area contributed by atoms with Gasteiger partial charge in [-0.15, -0.1) is 0 Å². The van der Waals surface area contributed by atoms with E-state index in [0.29, 0.717) is 0 Å². The minimum Gasteiger partial charge on any atom is -0.373 e. The van der Waals surface area contributed by atoms with Crippen molar-refractivity contribution in [1.29, 1.82) is 5.26 Å². The van der Waals surface area contributed by atoms with Crippen LogP contribution in [0.3, 0.4) is 0 Å². The molecule has 2 aromatic rings. The molecule has 3 rings (SSSR count). The average molecular weight is 426 g/mol. The molecule has 0 amide bonds. The molecule has 0 unspecified atom stereocenters. The molecule has 1 saturated heterocycles. The van der Waals surface area contributed by atoms with Gasteiger partial charge in [-0.2, -0.15) is 5.26 Å². The number of likely N-dealkylation sites (N-methyl/N-ethyl adjacent to an activating group) is 2. The highest BCUT2D eigenvalue weighted by molar-refractivity contribution is 6.31. The van der Waals surface area contributed by atoms with Crippen molar-refractivity contribution < 1.29 is 0 Å². The highest BCUT2D eigenvalue weighted by Crippen LogP contribution is 2.22. The number of benzene rings is 2. The molecule has 0 N–H and O–H groups in total. The molecule has 5 nitrogen and oxygen atoms in total. The van der Waals surface area contributed by atoms with E-state index in [-0.39, 0.29) is 0 Å². The van der Waals surface area contributed by atoms with Gasteiger partial charge in [0.1, 0.15) is 0 Å². The molecule has 0 aromatic heterocycles. The summed E-state index contributed by atoms with van der Waals surface area (Å²) in [5.41, 5.74) is 4.25. The second kappa shape index (κ2) is 10.8. The quantitative estimate of drug-likeness (QED) is 0.646. The van der Waals surface area contributed by atoms with E-state index >= 15 is 0 Å². The molecule has 0 aliphatic carbocycles. The summed E-state index contributed by atoms with van der Waals surface area (Å²) in [5, 5.41) is 10.4. The van der Waals surface area contributed by atoms with E-state index in [1.807, 2.05) is 24.3 Å². The molecular weight excluding hydrogens is 394 g/mol. The summed E-state index contributed by atoms with van der Waals surface area (Å²) in [6, 6.07) is 16.7. The molecule has 0 saturated carbocycles. The lowest BCUT2D eigenvalue weighted by molar-refractivity contribution is 0.122. The molecule has 2 aromatic carbocycles. The van der Waals surface area contributed by atoms with E-state index in [1.165, 1.54) is 11.3 Å². The molecule has 0 spiro atoms. The van der Waals surface area contributed by atoms with Gasteiger partial charge in [-0.3, -0.25) is 9.80 Å².